The lowest BCUT2D eigenvalue weighted by molar-refractivity contribution is -0.115. The summed E-state index contributed by atoms with van der Waals surface area (Å²) in [5, 5.41) is 14.8. The Bertz CT molecular complexity index is 703. The lowest BCUT2D eigenvalue weighted by Gasteiger charge is -2.17. The lowest BCUT2D eigenvalue weighted by atomic mass is 10.0. The van der Waals surface area contributed by atoms with Gasteiger partial charge in [-0.3, -0.25) is 4.79 Å². The Hall–Kier alpha value is -2.84. The topological polar surface area (TPSA) is 74.2 Å². The number of ether oxygens (including phenoxy) is 1. The van der Waals surface area contributed by atoms with Gasteiger partial charge in [0.25, 0.3) is 0 Å². The van der Waals surface area contributed by atoms with Crippen molar-refractivity contribution in [3.8, 4) is 11.8 Å². The van der Waals surface area contributed by atoms with Crippen molar-refractivity contribution in [2.45, 2.75) is 19.4 Å². The fourth-order valence-corrected chi connectivity index (χ4v) is 2.38. The molecular formula is C19H21N3O2. The lowest BCUT2D eigenvalue weighted by Crippen LogP contribution is -2.31. The number of nitriles is 1. The van der Waals surface area contributed by atoms with E-state index < -0.39 is 0 Å². The number of carbonyl (C=O) groups is 1. The summed E-state index contributed by atoms with van der Waals surface area (Å²) in [6.07, 6.45) is 0.872. The fraction of sp³-hybridized carbons (Fsp3) is 0.263. The summed E-state index contributed by atoms with van der Waals surface area (Å²) in [6.45, 7) is 2.28. The number of benzene rings is 2. The normalized spacial score (nSPS) is 11.4. The first kappa shape index (κ1) is 17.5. The van der Waals surface area contributed by atoms with Gasteiger partial charge in [0.15, 0.2) is 0 Å². The largest absolute Gasteiger partial charge is 0.497 e. The molecule has 0 aliphatic rings. The average molecular weight is 323 g/mol. The number of rotatable bonds is 7. The summed E-state index contributed by atoms with van der Waals surface area (Å²) >= 11 is 0. The van der Waals surface area contributed by atoms with Crippen LogP contribution in [-0.4, -0.2) is 19.6 Å². The average Bonchev–Trinajstić information content (AvgIpc) is 2.63. The van der Waals surface area contributed by atoms with Crippen molar-refractivity contribution in [2.24, 2.45) is 0 Å². The maximum absolute atomic E-state index is 12.1. The molecule has 0 spiro atoms. The van der Waals surface area contributed by atoms with Gasteiger partial charge in [0, 0.05) is 11.7 Å². The first-order valence-corrected chi connectivity index (χ1v) is 7.83. The zero-order chi connectivity index (χ0) is 17.4. The molecule has 0 aliphatic carbocycles. The number of hydrogen-bond donors (Lipinski definition) is 2. The Labute approximate surface area is 142 Å². The van der Waals surface area contributed by atoms with Gasteiger partial charge in [-0.05, 0) is 48.4 Å². The van der Waals surface area contributed by atoms with Crippen molar-refractivity contribution < 1.29 is 9.53 Å². The van der Waals surface area contributed by atoms with Crippen molar-refractivity contribution in [3.05, 3.63) is 59.7 Å². The second-order valence-corrected chi connectivity index (χ2v) is 5.35. The van der Waals surface area contributed by atoms with Crippen LogP contribution in [0.15, 0.2) is 48.5 Å². The van der Waals surface area contributed by atoms with Crippen LogP contribution in [0.25, 0.3) is 0 Å². The highest BCUT2D eigenvalue weighted by Crippen LogP contribution is 2.19. The minimum atomic E-state index is -0.119. The molecule has 0 bridgehead atoms. The monoisotopic (exact) mass is 323 g/mol. The van der Waals surface area contributed by atoms with Crippen molar-refractivity contribution >= 4 is 11.6 Å². The van der Waals surface area contributed by atoms with Crippen LogP contribution in [0.1, 0.15) is 30.5 Å². The van der Waals surface area contributed by atoms with E-state index in [0.29, 0.717) is 11.3 Å². The van der Waals surface area contributed by atoms with E-state index in [1.807, 2.05) is 30.3 Å². The van der Waals surface area contributed by atoms with E-state index in [1.165, 1.54) is 0 Å². The predicted octanol–water partition coefficient (Wildman–Crippen LogP) is 3.25. The van der Waals surface area contributed by atoms with E-state index in [0.717, 1.165) is 17.7 Å². The number of amides is 1. The van der Waals surface area contributed by atoms with Crippen molar-refractivity contribution in [1.82, 2.24) is 5.32 Å². The van der Waals surface area contributed by atoms with Gasteiger partial charge < -0.3 is 15.4 Å². The number of nitrogens with zero attached hydrogens (tertiary/aromatic N) is 1. The number of methoxy groups -OCH3 is 1. The van der Waals surface area contributed by atoms with Gasteiger partial charge in [-0.2, -0.15) is 5.26 Å². The van der Waals surface area contributed by atoms with Crippen molar-refractivity contribution in [3.63, 3.8) is 0 Å². The van der Waals surface area contributed by atoms with Crippen LogP contribution in [0.4, 0.5) is 5.69 Å². The van der Waals surface area contributed by atoms with E-state index in [1.54, 1.807) is 31.4 Å². The van der Waals surface area contributed by atoms with E-state index in [4.69, 9.17) is 10.00 Å². The molecule has 5 nitrogen and oxygen atoms in total. The second-order valence-electron chi connectivity index (χ2n) is 5.35. The first-order valence-electron chi connectivity index (χ1n) is 7.83. The van der Waals surface area contributed by atoms with E-state index >= 15 is 0 Å². The van der Waals surface area contributed by atoms with Gasteiger partial charge in [0.05, 0.1) is 25.3 Å². The Morgan fingerprint density at radius 1 is 1.17 bits per heavy atom. The molecule has 0 saturated carbocycles. The highest BCUT2D eigenvalue weighted by molar-refractivity contribution is 5.92. The van der Waals surface area contributed by atoms with E-state index in [-0.39, 0.29) is 18.5 Å². The minimum Gasteiger partial charge on any atom is -0.497 e. The van der Waals surface area contributed by atoms with Crippen LogP contribution in [0.2, 0.25) is 0 Å². The maximum Gasteiger partial charge on any atom is 0.238 e. The van der Waals surface area contributed by atoms with Gasteiger partial charge in [-0.1, -0.05) is 19.1 Å². The zero-order valence-corrected chi connectivity index (χ0v) is 13.9. The summed E-state index contributed by atoms with van der Waals surface area (Å²) in [6, 6.07) is 16.8. The van der Waals surface area contributed by atoms with Gasteiger partial charge in [-0.15, -0.1) is 0 Å². The Balaban J connectivity index is 1.89. The van der Waals surface area contributed by atoms with Gasteiger partial charge in [-0.25, -0.2) is 0 Å². The summed E-state index contributed by atoms with van der Waals surface area (Å²) in [5.41, 5.74) is 2.36. The molecule has 0 heterocycles. The molecule has 1 atom stereocenters. The van der Waals surface area contributed by atoms with Gasteiger partial charge in [0.2, 0.25) is 5.91 Å². The molecule has 0 radical (unpaired) electrons. The highest BCUT2D eigenvalue weighted by Gasteiger charge is 2.11. The molecule has 0 aromatic heterocycles. The Kier molecular flexibility index (Phi) is 6.35. The third-order valence-electron chi connectivity index (χ3n) is 3.73. The van der Waals surface area contributed by atoms with Crippen LogP contribution >= 0.6 is 0 Å². The third kappa shape index (κ3) is 4.83. The summed E-state index contributed by atoms with van der Waals surface area (Å²) in [7, 11) is 1.64. The fourth-order valence-electron chi connectivity index (χ4n) is 2.38. The number of nitrogens with one attached hydrogen (secondary N) is 2. The molecule has 2 rings (SSSR count). The highest BCUT2D eigenvalue weighted by atomic mass is 16.5. The van der Waals surface area contributed by atoms with Gasteiger partial charge in [0.1, 0.15) is 5.75 Å². The predicted molar refractivity (Wildman–Crippen MR) is 93.8 cm³/mol. The van der Waals surface area contributed by atoms with Crippen LogP contribution in [-0.2, 0) is 4.79 Å². The Morgan fingerprint density at radius 3 is 2.38 bits per heavy atom. The molecule has 2 N–H and O–H groups in total. The molecule has 2 aromatic rings. The van der Waals surface area contributed by atoms with Crippen LogP contribution < -0.4 is 15.4 Å². The molecular weight excluding hydrogens is 302 g/mol. The van der Waals surface area contributed by atoms with E-state index in [9.17, 15) is 4.79 Å². The van der Waals surface area contributed by atoms with Crippen molar-refractivity contribution in [2.75, 3.05) is 19.0 Å². The van der Waals surface area contributed by atoms with Crippen LogP contribution in [0.5, 0.6) is 5.75 Å². The first-order chi connectivity index (χ1) is 11.7. The smallest absolute Gasteiger partial charge is 0.238 e. The van der Waals surface area contributed by atoms with Gasteiger partial charge >= 0.3 is 0 Å². The standard InChI is InChI=1S/C19H21N3O2/c1-3-18(15-6-10-17(24-2)11-7-15)21-13-19(23)22-16-8-4-14(12-20)5-9-16/h4-11,18,21H,3,13H2,1-2H3,(H,22,23). The SMILES string of the molecule is CCC(NCC(=O)Nc1ccc(C#N)cc1)c1ccc(OC)cc1. The molecule has 1 amide bonds. The van der Waals surface area contributed by atoms with Crippen LogP contribution in [0, 0.1) is 11.3 Å². The molecule has 1 unspecified atom stereocenters. The second kappa shape index (κ2) is 8.70. The minimum absolute atomic E-state index is 0.0996. The molecule has 2 aromatic carbocycles. The molecule has 24 heavy (non-hydrogen) atoms. The maximum atomic E-state index is 12.1. The molecule has 0 aliphatic heterocycles. The number of hydrogen-bond acceptors (Lipinski definition) is 4. The molecule has 124 valence electrons. The Morgan fingerprint density at radius 2 is 1.83 bits per heavy atom. The summed E-state index contributed by atoms with van der Waals surface area (Å²) < 4.78 is 5.16. The molecule has 0 fully saturated rings. The zero-order valence-electron chi connectivity index (χ0n) is 13.9. The quantitative estimate of drug-likeness (QED) is 0.820. The number of carbonyl (C=O) groups excluding carboxylic acids is 1. The molecule has 5 heteroatoms. The van der Waals surface area contributed by atoms with Crippen molar-refractivity contribution in [1.29, 1.82) is 5.26 Å². The van der Waals surface area contributed by atoms with Crippen LogP contribution in [0.3, 0.4) is 0 Å². The third-order valence-corrected chi connectivity index (χ3v) is 3.73. The van der Waals surface area contributed by atoms with E-state index in [2.05, 4.69) is 17.6 Å². The summed E-state index contributed by atoms with van der Waals surface area (Å²) in [5.74, 6) is 0.693. The molecule has 0 saturated heterocycles. The number of anilines is 1. The summed E-state index contributed by atoms with van der Waals surface area (Å²) in [4.78, 5) is 12.1.